The number of aromatic nitrogens is 2. The molecule has 2 amide bonds. The first kappa shape index (κ1) is 18.0. The van der Waals surface area contributed by atoms with Gasteiger partial charge < -0.3 is 9.97 Å². The summed E-state index contributed by atoms with van der Waals surface area (Å²) in [7, 11) is 0. The zero-order valence-corrected chi connectivity index (χ0v) is 17.0. The Morgan fingerprint density at radius 2 is 1.39 bits per heavy atom. The van der Waals surface area contributed by atoms with Crippen LogP contribution in [-0.4, -0.2) is 21.8 Å². The van der Waals surface area contributed by atoms with E-state index < -0.39 is 11.3 Å². The van der Waals surface area contributed by atoms with Crippen LogP contribution in [0.15, 0.2) is 79.1 Å². The monoisotopic (exact) mass is 425 g/mol. The van der Waals surface area contributed by atoms with Gasteiger partial charge >= 0.3 is 0 Å². The molecule has 3 heterocycles. The van der Waals surface area contributed by atoms with Crippen molar-refractivity contribution in [3.05, 3.63) is 106 Å². The summed E-state index contributed by atoms with van der Waals surface area (Å²) in [6, 6.07) is 20.7. The lowest BCUT2D eigenvalue weighted by Gasteiger charge is -2.37. The first-order valence-electron chi connectivity index (χ1n) is 9.89. The molecular weight excluding hydrogens is 410 g/mol. The number of halogens is 1. The fourth-order valence-corrected chi connectivity index (χ4v) is 5.03. The van der Waals surface area contributed by atoms with Crippen LogP contribution in [0.1, 0.15) is 27.0 Å². The van der Waals surface area contributed by atoms with E-state index in [1.165, 1.54) is 0 Å². The number of fused-ring (bicyclic) bond motifs is 3. The summed E-state index contributed by atoms with van der Waals surface area (Å²) in [5.74, 6) is -0.782. The Labute approximate surface area is 182 Å². The van der Waals surface area contributed by atoms with Crippen LogP contribution >= 0.6 is 11.6 Å². The standard InChI is InChI=1S/C25H16ClN3O2/c26-14-9-10-22-17(11-14)20(13-28-22)25(19-12-27-21-8-4-2-5-15(19)21)18-7-3-1-6-16(18)23(30)29-24(25)31/h1-13,27-28H,(H,29,30,31). The van der Waals surface area contributed by atoms with E-state index in [2.05, 4.69) is 15.3 Å². The highest BCUT2D eigenvalue weighted by Gasteiger charge is 2.51. The van der Waals surface area contributed by atoms with Crippen molar-refractivity contribution in [2.75, 3.05) is 0 Å². The summed E-state index contributed by atoms with van der Waals surface area (Å²) >= 11 is 6.34. The maximum atomic E-state index is 13.9. The van der Waals surface area contributed by atoms with Crippen molar-refractivity contribution < 1.29 is 9.59 Å². The van der Waals surface area contributed by atoms with Gasteiger partial charge in [0.1, 0.15) is 5.41 Å². The minimum Gasteiger partial charge on any atom is -0.361 e. The van der Waals surface area contributed by atoms with Gasteiger partial charge in [0.15, 0.2) is 0 Å². The molecular formula is C25H16ClN3O2. The van der Waals surface area contributed by atoms with Crippen molar-refractivity contribution in [2.24, 2.45) is 0 Å². The van der Waals surface area contributed by atoms with Crippen LogP contribution < -0.4 is 5.32 Å². The molecule has 2 aromatic heterocycles. The second-order valence-electron chi connectivity index (χ2n) is 7.72. The molecule has 1 aliphatic rings. The molecule has 0 spiro atoms. The van der Waals surface area contributed by atoms with Crippen molar-refractivity contribution in [3.63, 3.8) is 0 Å². The molecule has 0 radical (unpaired) electrons. The Kier molecular flexibility index (Phi) is 3.67. The predicted octanol–water partition coefficient (Wildman–Crippen LogP) is 4.91. The van der Waals surface area contributed by atoms with Crippen molar-refractivity contribution in [1.29, 1.82) is 0 Å². The van der Waals surface area contributed by atoms with E-state index in [9.17, 15) is 9.59 Å². The Morgan fingerprint density at radius 3 is 2.23 bits per heavy atom. The number of aromatic amines is 2. The minimum atomic E-state index is -1.24. The molecule has 1 atom stereocenters. The SMILES string of the molecule is O=C1NC(=O)C(c2c[nH]c3ccccc23)(c2c[nH]c3ccc(Cl)cc23)c2ccccc21. The number of benzene rings is 3. The molecule has 0 bridgehead atoms. The quantitative estimate of drug-likeness (QED) is 0.351. The molecule has 3 N–H and O–H groups in total. The maximum Gasteiger partial charge on any atom is 0.258 e. The van der Waals surface area contributed by atoms with Crippen molar-refractivity contribution in [3.8, 4) is 0 Å². The van der Waals surface area contributed by atoms with Crippen molar-refractivity contribution in [1.82, 2.24) is 15.3 Å². The summed E-state index contributed by atoms with van der Waals surface area (Å²) < 4.78 is 0. The molecule has 0 saturated carbocycles. The number of amides is 2. The molecule has 5 nitrogen and oxygen atoms in total. The zero-order valence-electron chi connectivity index (χ0n) is 16.2. The number of carbonyl (C=O) groups is 2. The third kappa shape index (κ3) is 2.32. The lowest BCUT2D eigenvalue weighted by Crippen LogP contribution is -2.53. The van der Waals surface area contributed by atoms with E-state index in [1.54, 1.807) is 18.2 Å². The van der Waals surface area contributed by atoms with Gasteiger partial charge in [0.05, 0.1) is 0 Å². The van der Waals surface area contributed by atoms with Gasteiger partial charge in [-0.15, -0.1) is 0 Å². The van der Waals surface area contributed by atoms with Crippen LogP contribution in [0.4, 0.5) is 0 Å². The molecule has 31 heavy (non-hydrogen) atoms. The Balaban J connectivity index is 1.83. The van der Waals surface area contributed by atoms with Crippen LogP contribution in [0.2, 0.25) is 5.02 Å². The number of para-hydroxylation sites is 1. The summed E-state index contributed by atoms with van der Waals surface area (Å²) in [5, 5.41) is 4.93. The van der Waals surface area contributed by atoms with Crippen molar-refractivity contribution in [2.45, 2.75) is 5.41 Å². The average Bonchev–Trinajstić information content (AvgIpc) is 3.40. The van der Waals surface area contributed by atoms with Gasteiger partial charge in [-0.05, 0) is 35.9 Å². The van der Waals surface area contributed by atoms with Gasteiger partial charge in [-0.2, -0.15) is 0 Å². The van der Waals surface area contributed by atoms with Crippen LogP contribution in [0.3, 0.4) is 0 Å². The highest BCUT2D eigenvalue weighted by Crippen LogP contribution is 2.48. The number of imide groups is 1. The van der Waals surface area contributed by atoms with Gasteiger partial charge in [-0.3, -0.25) is 14.9 Å². The van der Waals surface area contributed by atoms with E-state index in [0.29, 0.717) is 16.1 Å². The minimum absolute atomic E-state index is 0.387. The third-order valence-electron chi connectivity index (χ3n) is 6.18. The molecule has 6 heteroatoms. The highest BCUT2D eigenvalue weighted by molar-refractivity contribution is 6.31. The zero-order chi connectivity index (χ0) is 21.2. The van der Waals surface area contributed by atoms with E-state index >= 15 is 0 Å². The van der Waals surface area contributed by atoms with Crippen LogP contribution in [0, 0.1) is 0 Å². The number of H-pyrrole nitrogens is 2. The van der Waals surface area contributed by atoms with Crippen LogP contribution in [0.5, 0.6) is 0 Å². The molecule has 150 valence electrons. The number of carbonyl (C=O) groups excluding carboxylic acids is 2. The van der Waals surface area contributed by atoms with Gasteiger partial charge in [-0.1, -0.05) is 48.0 Å². The van der Waals surface area contributed by atoms with Gasteiger partial charge in [0.2, 0.25) is 5.91 Å². The third-order valence-corrected chi connectivity index (χ3v) is 6.42. The molecule has 0 saturated heterocycles. The first-order valence-corrected chi connectivity index (χ1v) is 10.3. The maximum absolute atomic E-state index is 13.9. The molecule has 3 aromatic carbocycles. The summed E-state index contributed by atoms with van der Waals surface area (Å²) in [6.45, 7) is 0. The lowest BCUT2D eigenvalue weighted by molar-refractivity contribution is -0.123. The fraction of sp³-hybridized carbons (Fsp3) is 0.0400. The molecule has 0 fully saturated rings. The number of hydrogen-bond acceptors (Lipinski definition) is 2. The normalized spacial score (nSPS) is 18.4. The second kappa shape index (κ2) is 6.33. The Bertz CT molecular complexity index is 1530. The fourth-order valence-electron chi connectivity index (χ4n) is 4.86. The van der Waals surface area contributed by atoms with Gasteiger partial charge in [0, 0.05) is 55.9 Å². The number of nitrogens with one attached hydrogen (secondary N) is 3. The van der Waals surface area contributed by atoms with Gasteiger partial charge in [-0.25, -0.2) is 0 Å². The molecule has 1 unspecified atom stereocenters. The number of rotatable bonds is 2. The van der Waals surface area contributed by atoms with E-state index in [-0.39, 0.29) is 5.91 Å². The van der Waals surface area contributed by atoms with Crippen LogP contribution in [-0.2, 0) is 10.2 Å². The molecule has 5 aromatic rings. The number of hydrogen-bond donors (Lipinski definition) is 3. The van der Waals surface area contributed by atoms with Crippen LogP contribution in [0.25, 0.3) is 21.8 Å². The Morgan fingerprint density at radius 1 is 0.710 bits per heavy atom. The largest absolute Gasteiger partial charge is 0.361 e. The molecule has 6 rings (SSSR count). The average molecular weight is 426 g/mol. The van der Waals surface area contributed by atoms with Crippen molar-refractivity contribution >= 4 is 45.2 Å². The topological polar surface area (TPSA) is 77.8 Å². The summed E-state index contributed by atoms with van der Waals surface area (Å²) in [6.07, 6.45) is 3.70. The predicted molar refractivity (Wildman–Crippen MR) is 120 cm³/mol. The smallest absolute Gasteiger partial charge is 0.258 e. The Hall–Kier alpha value is -3.83. The van der Waals surface area contributed by atoms with E-state index in [0.717, 1.165) is 32.9 Å². The van der Waals surface area contributed by atoms with Gasteiger partial charge in [0.25, 0.3) is 5.91 Å². The molecule has 0 aliphatic carbocycles. The second-order valence-corrected chi connectivity index (χ2v) is 8.16. The lowest BCUT2D eigenvalue weighted by atomic mass is 9.65. The first-order chi connectivity index (χ1) is 15.1. The summed E-state index contributed by atoms with van der Waals surface area (Å²) in [4.78, 5) is 33.2. The van der Waals surface area contributed by atoms with E-state index in [1.807, 2.05) is 60.9 Å². The van der Waals surface area contributed by atoms with E-state index in [4.69, 9.17) is 11.6 Å². The highest BCUT2D eigenvalue weighted by atomic mass is 35.5. The summed E-state index contributed by atoms with van der Waals surface area (Å²) in [5.41, 5.74) is 3.18. The molecule has 1 aliphatic heterocycles.